The molecule has 0 aromatic carbocycles. The lowest BCUT2D eigenvalue weighted by Gasteiger charge is -2.16. The second-order valence-corrected chi connectivity index (χ2v) is 11.1. The number of carbonyl (C=O) groups excluding carboxylic acids is 2. The summed E-state index contributed by atoms with van der Waals surface area (Å²) in [6, 6.07) is 0.434. The Morgan fingerprint density at radius 2 is 2.08 bits per heavy atom. The van der Waals surface area contributed by atoms with Crippen LogP contribution in [0.2, 0.25) is 0 Å². The molecule has 5 rings (SSSR count). The number of nitrogens with zero attached hydrogens (tertiary/aromatic N) is 4. The van der Waals surface area contributed by atoms with Crippen LogP contribution in [0, 0.1) is 0 Å². The van der Waals surface area contributed by atoms with Gasteiger partial charge in [0.2, 0.25) is 5.91 Å². The summed E-state index contributed by atoms with van der Waals surface area (Å²) in [5, 5.41) is 27.4. The predicted octanol–water partition coefficient (Wildman–Crippen LogP) is 1.53. The lowest BCUT2D eigenvalue weighted by molar-refractivity contribution is -0.121. The summed E-state index contributed by atoms with van der Waals surface area (Å²) in [7, 11) is 0. The maximum Gasteiger partial charge on any atom is 0.315 e. The first-order chi connectivity index (χ1) is 18.1. The summed E-state index contributed by atoms with van der Waals surface area (Å²) in [6.45, 7) is 1.40. The van der Waals surface area contributed by atoms with Gasteiger partial charge in [-0.3, -0.25) is 4.79 Å². The number of aromatic nitrogens is 4. The average molecular weight is 533 g/mol. The van der Waals surface area contributed by atoms with Gasteiger partial charge in [-0.2, -0.15) is 16.9 Å². The highest BCUT2D eigenvalue weighted by atomic mass is 32.2. The second kappa shape index (κ2) is 12.3. The summed E-state index contributed by atoms with van der Waals surface area (Å²) >= 11 is 1.91. The normalized spacial score (nSPS) is 26.7. The molecule has 3 amide bonds. The first-order valence-corrected chi connectivity index (χ1v) is 14.3. The molecule has 0 spiro atoms. The van der Waals surface area contributed by atoms with Gasteiger partial charge in [-0.25, -0.2) is 19.4 Å². The van der Waals surface area contributed by atoms with Crippen molar-refractivity contribution in [3.8, 4) is 0 Å². The van der Waals surface area contributed by atoms with Crippen molar-refractivity contribution in [2.45, 2.75) is 81.0 Å². The van der Waals surface area contributed by atoms with Gasteiger partial charge in [-0.05, 0) is 38.5 Å². The Morgan fingerprint density at radius 3 is 2.95 bits per heavy atom. The van der Waals surface area contributed by atoms with Crippen LogP contribution < -0.4 is 21.3 Å². The summed E-state index contributed by atoms with van der Waals surface area (Å²) in [4.78, 5) is 32.4. The van der Waals surface area contributed by atoms with E-state index in [4.69, 9.17) is 4.74 Å². The van der Waals surface area contributed by atoms with Crippen LogP contribution in [0.5, 0.6) is 0 Å². The van der Waals surface area contributed by atoms with Crippen molar-refractivity contribution in [3.63, 3.8) is 0 Å². The molecule has 5 heterocycles. The molecule has 0 bridgehead atoms. The number of aliphatic hydroxyl groups is 1. The van der Waals surface area contributed by atoms with Gasteiger partial charge in [0.15, 0.2) is 11.9 Å². The highest BCUT2D eigenvalue weighted by Crippen LogP contribution is 2.33. The first kappa shape index (κ1) is 26.0. The molecule has 13 heteroatoms. The second-order valence-electron chi connectivity index (χ2n) is 9.87. The van der Waals surface area contributed by atoms with Crippen molar-refractivity contribution in [3.05, 3.63) is 12.5 Å². The summed E-state index contributed by atoms with van der Waals surface area (Å²) in [6.07, 6.45) is 9.69. The number of carbonyl (C=O) groups is 2. The molecule has 3 fully saturated rings. The molecule has 3 saturated heterocycles. The van der Waals surface area contributed by atoms with E-state index < -0.39 is 0 Å². The zero-order valence-electron chi connectivity index (χ0n) is 20.9. The third-order valence-corrected chi connectivity index (χ3v) is 8.76. The topological polar surface area (TPSA) is 155 Å². The Balaban J connectivity index is 0.950. The summed E-state index contributed by atoms with van der Waals surface area (Å²) < 4.78 is 7.60. The van der Waals surface area contributed by atoms with E-state index in [0.717, 1.165) is 68.4 Å². The van der Waals surface area contributed by atoms with Crippen LogP contribution in [0.3, 0.4) is 0 Å². The largest absolute Gasteiger partial charge is 0.394 e. The maximum atomic E-state index is 12.2. The van der Waals surface area contributed by atoms with E-state index in [1.807, 2.05) is 11.8 Å². The lowest BCUT2D eigenvalue weighted by atomic mass is 10.0. The number of rotatable bonds is 13. The van der Waals surface area contributed by atoms with Gasteiger partial charge in [-0.15, -0.1) is 0 Å². The van der Waals surface area contributed by atoms with Gasteiger partial charge in [0.25, 0.3) is 0 Å². The fraction of sp³-hybridized carbons (Fsp3) is 0.708. The maximum absolute atomic E-state index is 12.2. The zero-order chi connectivity index (χ0) is 25.6. The number of urea groups is 1. The number of thioether (sulfide) groups is 1. The molecule has 0 saturated carbocycles. The van der Waals surface area contributed by atoms with Gasteiger partial charge >= 0.3 is 6.03 Å². The Kier molecular flexibility index (Phi) is 8.62. The van der Waals surface area contributed by atoms with Crippen molar-refractivity contribution in [1.82, 2.24) is 35.7 Å². The SMILES string of the molecule is O=C(CCCCC1SC[C@@H]2NC(=O)N[C@H]12)NCCCCNc1ncnc2c1cnn2C1CCC(CO)O1. The smallest absolute Gasteiger partial charge is 0.315 e. The molecular weight excluding hydrogens is 496 g/mol. The average Bonchev–Trinajstić information content (AvgIpc) is 3.68. The van der Waals surface area contributed by atoms with Crippen molar-refractivity contribution in [2.24, 2.45) is 0 Å². The molecule has 0 radical (unpaired) electrons. The van der Waals surface area contributed by atoms with Crippen molar-refractivity contribution >= 4 is 40.6 Å². The van der Waals surface area contributed by atoms with Gasteiger partial charge in [0, 0.05) is 30.5 Å². The Labute approximate surface area is 220 Å². The molecule has 5 atom stereocenters. The number of unbranched alkanes of at least 4 members (excludes halogenated alkanes) is 2. The minimum absolute atomic E-state index is 0.0123. The van der Waals surface area contributed by atoms with E-state index in [1.54, 1.807) is 10.9 Å². The van der Waals surface area contributed by atoms with E-state index in [2.05, 4.69) is 36.3 Å². The minimum atomic E-state index is -0.220. The van der Waals surface area contributed by atoms with Gasteiger partial charge in [0.1, 0.15) is 12.1 Å². The van der Waals surface area contributed by atoms with Crippen LogP contribution in [0.1, 0.15) is 57.6 Å². The summed E-state index contributed by atoms with van der Waals surface area (Å²) in [5.74, 6) is 1.80. The Morgan fingerprint density at radius 1 is 1.19 bits per heavy atom. The highest BCUT2D eigenvalue weighted by molar-refractivity contribution is 8.00. The third kappa shape index (κ3) is 6.27. The number of aliphatic hydroxyl groups excluding tert-OH is 1. The molecule has 3 aliphatic heterocycles. The minimum Gasteiger partial charge on any atom is -0.394 e. The molecule has 202 valence electrons. The number of hydrogen-bond acceptors (Lipinski definition) is 9. The fourth-order valence-corrected chi connectivity index (χ4v) is 6.81. The van der Waals surface area contributed by atoms with Crippen LogP contribution in [-0.2, 0) is 9.53 Å². The molecule has 3 aliphatic rings. The van der Waals surface area contributed by atoms with E-state index in [9.17, 15) is 14.7 Å². The fourth-order valence-electron chi connectivity index (χ4n) is 5.26. The summed E-state index contributed by atoms with van der Waals surface area (Å²) in [5.41, 5.74) is 0.712. The number of ether oxygens (including phenoxy) is 1. The lowest BCUT2D eigenvalue weighted by Crippen LogP contribution is -2.36. The standard InChI is InChI=1S/C24H36N8O4S/c33-12-15-7-8-20(36-15)32-23-16(11-29-32)22(27-14-28-23)26-10-4-3-9-25-19(34)6-2-1-5-18-21-17(13-37-18)30-24(35)31-21/h11,14-15,17-18,20-21,33H,1-10,12-13H2,(H,25,34)(H,26,27,28)(H2,30,31,35)/t15?,17-,18?,20?,21-/m0/s1. The van der Waals surface area contributed by atoms with Crippen LogP contribution in [0.4, 0.5) is 10.6 Å². The number of nitrogens with one attached hydrogen (secondary N) is 4. The highest BCUT2D eigenvalue weighted by Gasteiger charge is 2.42. The Bertz CT molecular complexity index is 1080. The monoisotopic (exact) mass is 532 g/mol. The van der Waals surface area contributed by atoms with E-state index in [1.165, 1.54) is 6.33 Å². The molecule has 3 unspecified atom stereocenters. The van der Waals surface area contributed by atoms with Crippen molar-refractivity contribution in [1.29, 1.82) is 0 Å². The van der Waals surface area contributed by atoms with Crippen LogP contribution in [0.15, 0.2) is 12.5 Å². The molecule has 12 nitrogen and oxygen atoms in total. The quantitative estimate of drug-likeness (QED) is 0.191. The first-order valence-electron chi connectivity index (χ1n) is 13.3. The van der Waals surface area contributed by atoms with Crippen molar-refractivity contribution < 1.29 is 19.4 Å². The van der Waals surface area contributed by atoms with Crippen LogP contribution >= 0.6 is 11.8 Å². The number of hydrogen-bond donors (Lipinski definition) is 5. The van der Waals surface area contributed by atoms with Gasteiger partial charge in [0.05, 0.1) is 36.4 Å². The third-order valence-electron chi connectivity index (χ3n) is 7.25. The number of anilines is 1. The number of fused-ring (bicyclic) bond motifs is 2. The van der Waals surface area contributed by atoms with Crippen LogP contribution in [0.25, 0.3) is 11.0 Å². The van der Waals surface area contributed by atoms with Gasteiger partial charge < -0.3 is 31.1 Å². The van der Waals surface area contributed by atoms with E-state index in [0.29, 0.717) is 23.9 Å². The van der Waals surface area contributed by atoms with Crippen LogP contribution in [-0.4, -0.2) is 85.7 Å². The molecule has 5 N–H and O–H groups in total. The van der Waals surface area contributed by atoms with Crippen molar-refractivity contribution in [2.75, 3.05) is 30.8 Å². The molecule has 2 aromatic heterocycles. The predicted molar refractivity (Wildman–Crippen MR) is 140 cm³/mol. The molecule has 37 heavy (non-hydrogen) atoms. The zero-order valence-corrected chi connectivity index (χ0v) is 21.7. The Hall–Kier alpha value is -2.64. The molecular formula is C24H36N8O4S. The van der Waals surface area contributed by atoms with E-state index in [-0.39, 0.29) is 43.0 Å². The van der Waals surface area contributed by atoms with E-state index >= 15 is 0 Å². The van der Waals surface area contributed by atoms with Gasteiger partial charge in [-0.1, -0.05) is 6.42 Å². The molecule has 2 aromatic rings. The molecule has 0 aliphatic carbocycles. The number of amides is 3.